The van der Waals surface area contributed by atoms with Crippen molar-refractivity contribution < 1.29 is 9.84 Å². The second-order valence-corrected chi connectivity index (χ2v) is 3.83. The number of halogens is 1. The van der Waals surface area contributed by atoms with Crippen molar-refractivity contribution >= 4 is 17.4 Å². The molecule has 82 valence electrons. The van der Waals surface area contributed by atoms with Gasteiger partial charge in [-0.05, 0) is 0 Å². The van der Waals surface area contributed by atoms with Gasteiger partial charge in [-0.1, -0.05) is 11.6 Å². The van der Waals surface area contributed by atoms with Crippen LogP contribution in [0.15, 0.2) is 12.4 Å². The van der Waals surface area contributed by atoms with Gasteiger partial charge in [0.1, 0.15) is 23.4 Å². The van der Waals surface area contributed by atoms with E-state index in [0.29, 0.717) is 24.1 Å². The first-order valence-corrected chi connectivity index (χ1v) is 5.02. The van der Waals surface area contributed by atoms with E-state index in [9.17, 15) is 5.11 Å². The van der Waals surface area contributed by atoms with Gasteiger partial charge >= 0.3 is 0 Å². The van der Waals surface area contributed by atoms with Gasteiger partial charge in [0.05, 0.1) is 6.10 Å². The number of nitrogens with zero attached hydrogens (tertiary/aromatic N) is 3. The Bertz CT molecular complexity index is 350. The fraction of sp³-hybridized carbons (Fsp3) is 0.556. The maximum absolute atomic E-state index is 9.65. The quantitative estimate of drug-likeness (QED) is 0.741. The zero-order valence-corrected chi connectivity index (χ0v) is 9.05. The lowest BCUT2D eigenvalue weighted by Gasteiger charge is -2.15. The zero-order chi connectivity index (χ0) is 10.8. The number of hydrogen-bond donors (Lipinski definition) is 1. The molecule has 0 unspecified atom stereocenters. The van der Waals surface area contributed by atoms with Gasteiger partial charge in [0.2, 0.25) is 0 Å². The maximum Gasteiger partial charge on any atom is 0.134 e. The number of ether oxygens (including phenoxy) is 1. The Balaban J connectivity index is 2.13. The number of aliphatic hydroxyl groups is 1. The highest BCUT2D eigenvalue weighted by Gasteiger charge is 2.31. The van der Waals surface area contributed by atoms with Crippen molar-refractivity contribution in [3.63, 3.8) is 0 Å². The van der Waals surface area contributed by atoms with Gasteiger partial charge in [-0.2, -0.15) is 0 Å². The summed E-state index contributed by atoms with van der Waals surface area (Å²) in [5.74, 6) is 0.716. The fourth-order valence-electron chi connectivity index (χ4n) is 1.67. The molecule has 1 aromatic heterocycles. The Morgan fingerprint density at radius 3 is 2.93 bits per heavy atom. The molecule has 1 aromatic rings. The molecular weight excluding hydrogens is 218 g/mol. The number of aliphatic hydroxyl groups excluding tert-OH is 1. The van der Waals surface area contributed by atoms with Crippen LogP contribution in [0.2, 0.25) is 5.15 Å². The Morgan fingerprint density at radius 1 is 1.53 bits per heavy atom. The molecule has 0 aliphatic carbocycles. The van der Waals surface area contributed by atoms with Crippen LogP contribution in [-0.2, 0) is 4.74 Å². The van der Waals surface area contributed by atoms with Crippen molar-refractivity contribution in [1.82, 2.24) is 9.97 Å². The minimum absolute atomic E-state index is 0.168. The first kappa shape index (κ1) is 10.6. The highest BCUT2D eigenvalue weighted by Crippen LogP contribution is 2.21. The first-order valence-electron chi connectivity index (χ1n) is 4.64. The summed E-state index contributed by atoms with van der Waals surface area (Å²) in [5, 5.41) is 10.0. The molecule has 1 aliphatic rings. The van der Waals surface area contributed by atoms with Gasteiger partial charge in [-0.3, -0.25) is 0 Å². The van der Waals surface area contributed by atoms with Crippen molar-refractivity contribution in [2.75, 3.05) is 25.1 Å². The minimum Gasteiger partial charge on any atom is -0.388 e. The van der Waals surface area contributed by atoms with E-state index >= 15 is 0 Å². The van der Waals surface area contributed by atoms with E-state index in [1.165, 1.54) is 6.33 Å². The molecule has 1 N–H and O–H groups in total. The van der Waals surface area contributed by atoms with Crippen molar-refractivity contribution in [1.29, 1.82) is 0 Å². The molecule has 15 heavy (non-hydrogen) atoms. The molecular formula is C9H12ClN3O2. The molecule has 0 aromatic carbocycles. The van der Waals surface area contributed by atoms with Crippen LogP contribution in [0.4, 0.5) is 5.82 Å². The van der Waals surface area contributed by atoms with Crippen LogP contribution in [0.1, 0.15) is 0 Å². The Kier molecular flexibility index (Phi) is 3.04. The van der Waals surface area contributed by atoms with Crippen LogP contribution in [0, 0.1) is 0 Å². The predicted octanol–water partition coefficient (Wildman–Crippen LogP) is 0.326. The first-order chi connectivity index (χ1) is 7.20. The van der Waals surface area contributed by atoms with Crippen LogP contribution in [0.25, 0.3) is 0 Å². The average molecular weight is 230 g/mol. The molecule has 2 atom stereocenters. The lowest BCUT2D eigenvalue weighted by atomic mass is 10.3. The highest BCUT2D eigenvalue weighted by atomic mass is 35.5. The van der Waals surface area contributed by atoms with E-state index in [1.807, 2.05) is 4.90 Å². The van der Waals surface area contributed by atoms with E-state index in [1.54, 1.807) is 13.2 Å². The van der Waals surface area contributed by atoms with Crippen LogP contribution >= 0.6 is 11.6 Å². The second kappa shape index (κ2) is 4.30. The van der Waals surface area contributed by atoms with Gasteiger partial charge in [0, 0.05) is 26.3 Å². The normalized spacial score (nSPS) is 25.9. The monoisotopic (exact) mass is 229 g/mol. The van der Waals surface area contributed by atoms with Crippen molar-refractivity contribution in [2.24, 2.45) is 0 Å². The zero-order valence-electron chi connectivity index (χ0n) is 8.30. The Hall–Kier alpha value is -0.910. The topological polar surface area (TPSA) is 58.5 Å². The Labute approximate surface area is 92.7 Å². The van der Waals surface area contributed by atoms with E-state index in [-0.39, 0.29) is 6.10 Å². The van der Waals surface area contributed by atoms with Gasteiger partial charge in [0.15, 0.2) is 0 Å². The van der Waals surface area contributed by atoms with E-state index in [0.717, 1.165) is 0 Å². The van der Waals surface area contributed by atoms with Crippen LogP contribution in [-0.4, -0.2) is 47.5 Å². The third-order valence-electron chi connectivity index (χ3n) is 2.48. The van der Waals surface area contributed by atoms with Crippen LogP contribution < -0.4 is 4.90 Å². The Morgan fingerprint density at radius 2 is 2.33 bits per heavy atom. The van der Waals surface area contributed by atoms with Gasteiger partial charge in [0.25, 0.3) is 0 Å². The smallest absolute Gasteiger partial charge is 0.134 e. The van der Waals surface area contributed by atoms with Gasteiger partial charge in [-0.15, -0.1) is 0 Å². The standard InChI is InChI=1S/C9H12ClN3O2/c1-15-7-4-13(3-6(7)14)9-2-8(10)11-5-12-9/h2,5-7,14H,3-4H2,1H3/t6-,7-/m1/s1. The maximum atomic E-state index is 9.65. The molecule has 1 aliphatic heterocycles. The van der Waals surface area contributed by atoms with E-state index < -0.39 is 6.10 Å². The highest BCUT2D eigenvalue weighted by molar-refractivity contribution is 6.29. The summed E-state index contributed by atoms with van der Waals surface area (Å²) in [6.07, 6.45) is 0.756. The fourth-order valence-corrected chi connectivity index (χ4v) is 1.81. The summed E-state index contributed by atoms with van der Waals surface area (Å²) in [7, 11) is 1.59. The molecule has 1 saturated heterocycles. The minimum atomic E-state index is -0.483. The van der Waals surface area contributed by atoms with E-state index in [4.69, 9.17) is 16.3 Å². The second-order valence-electron chi connectivity index (χ2n) is 3.45. The summed E-state index contributed by atoms with van der Waals surface area (Å²) in [6, 6.07) is 1.67. The molecule has 0 saturated carbocycles. The van der Waals surface area contributed by atoms with Crippen molar-refractivity contribution in [3.8, 4) is 0 Å². The number of methoxy groups -OCH3 is 1. The molecule has 2 rings (SSSR count). The van der Waals surface area contributed by atoms with Crippen LogP contribution in [0.3, 0.4) is 0 Å². The lowest BCUT2D eigenvalue weighted by molar-refractivity contribution is 0.0217. The SMILES string of the molecule is CO[C@@H]1CN(c2cc(Cl)ncn2)C[C@H]1O. The number of aromatic nitrogens is 2. The third-order valence-corrected chi connectivity index (χ3v) is 2.69. The predicted molar refractivity (Wildman–Crippen MR) is 56.1 cm³/mol. The number of rotatable bonds is 2. The molecule has 0 amide bonds. The summed E-state index contributed by atoms with van der Waals surface area (Å²) in [5.41, 5.74) is 0. The molecule has 6 heteroatoms. The van der Waals surface area contributed by atoms with Crippen molar-refractivity contribution in [2.45, 2.75) is 12.2 Å². The average Bonchev–Trinajstić information content (AvgIpc) is 2.60. The number of β-amino-alcohol motifs (C(OH)–C–C–N with tert-alkyl or cyclic N) is 1. The van der Waals surface area contributed by atoms with Crippen LogP contribution in [0.5, 0.6) is 0 Å². The summed E-state index contributed by atoms with van der Waals surface area (Å²) in [4.78, 5) is 9.81. The third kappa shape index (κ3) is 2.19. The molecule has 0 bridgehead atoms. The van der Waals surface area contributed by atoms with Gasteiger partial charge < -0.3 is 14.7 Å². The molecule has 0 spiro atoms. The number of anilines is 1. The molecule has 1 fully saturated rings. The summed E-state index contributed by atoms with van der Waals surface area (Å²) < 4.78 is 5.14. The molecule has 2 heterocycles. The lowest BCUT2D eigenvalue weighted by Crippen LogP contribution is -2.25. The summed E-state index contributed by atoms with van der Waals surface area (Å²) >= 11 is 5.76. The van der Waals surface area contributed by atoms with Crippen molar-refractivity contribution in [3.05, 3.63) is 17.5 Å². The molecule has 0 radical (unpaired) electrons. The largest absolute Gasteiger partial charge is 0.388 e. The van der Waals surface area contributed by atoms with E-state index in [2.05, 4.69) is 9.97 Å². The number of hydrogen-bond acceptors (Lipinski definition) is 5. The summed E-state index contributed by atoms with van der Waals surface area (Å²) in [6.45, 7) is 1.12. The van der Waals surface area contributed by atoms with Gasteiger partial charge in [-0.25, -0.2) is 9.97 Å². The molecule has 5 nitrogen and oxygen atoms in total.